The maximum Gasteiger partial charge on any atom is 0.330 e. The molecule has 0 amide bonds. The number of halogens is 1. The summed E-state index contributed by atoms with van der Waals surface area (Å²) in [5, 5.41) is 0. The van der Waals surface area contributed by atoms with Gasteiger partial charge in [-0.1, -0.05) is 12.1 Å². The molecule has 1 aliphatic carbocycles. The fourth-order valence-corrected chi connectivity index (χ4v) is 2.28. The molecule has 0 saturated carbocycles. The van der Waals surface area contributed by atoms with Crippen molar-refractivity contribution in [2.24, 2.45) is 5.73 Å². The van der Waals surface area contributed by atoms with E-state index in [0.29, 0.717) is 6.42 Å². The maximum atomic E-state index is 11.7. The van der Waals surface area contributed by atoms with Gasteiger partial charge in [-0.25, -0.2) is 4.79 Å². The van der Waals surface area contributed by atoms with E-state index in [-0.39, 0.29) is 18.4 Å². The van der Waals surface area contributed by atoms with Gasteiger partial charge in [-0.05, 0) is 30.0 Å². The zero-order chi connectivity index (χ0) is 11.8. The first-order chi connectivity index (χ1) is 7.63. The van der Waals surface area contributed by atoms with Crippen molar-refractivity contribution in [3.8, 4) is 5.75 Å². The lowest BCUT2D eigenvalue weighted by Crippen LogP contribution is -2.43. The third-order valence-corrected chi connectivity index (χ3v) is 3.15. The largest absolute Gasteiger partial charge is 0.496 e. The van der Waals surface area contributed by atoms with Crippen LogP contribution in [0.3, 0.4) is 0 Å². The number of esters is 1. The summed E-state index contributed by atoms with van der Waals surface area (Å²) in [6.45, 7) is 0. The van der Waals surface area contributed by atoms with Crippen molar-refractivity contribution in [1.82, 2.24) is 0 Å². The molecule has 1 aromatic rings. The molecule has 0 radical (unpaired) electrons. The number of fused-ring (bicyclic) bond motifs is 1. The summed E-state index contributed by atoms with van der Waals surface area (Å²) >= 11 is 0. The van der Waals surface area contributed by atoms with E-state index >= 15 is 0 Å². The van der Waals surface area contributed by atoms with Crippen molar-refractivity contribution in [3.63, 3.8) is 0 Å². The quantitative estimate of drug-likeness (QED) is 0.814. The number of carbonyl (C=O) groups is 1. The Kier molecular flexibility index (Phi) is 4.01. The van der Waals surface area contributed by atoms with E-state index < -0.39 is 5.54 Å². The van der Waals surface area contributed by atoms with Crippen LogP contribution in [-0.4, -0.2) is 20.2 Å². The third-order valence-electron chi connectivity index (χ3n) is 3.15. The average Bonchev–Trinajstić information content (AvgIpc) is 2.67. The zero-order valence-corrected chi connectivity index (χ0v) is 10.7. The molecule has 0 spiro atoms. The highest BCUT2D eigenvalue weighted by Gasteiger charge is 2.43. The fraction of sp³-hybridized carbons (Fsp3) is 0.417. The lowest BCUT2D eigenvalue weighted by molar-refractivity contribution is -0.147. The molecule has 0 heterocycles. The topological polar surface area (TPSA) is 61.5 Å². The van der Waals surface area contributed by atoms with Crippen LogP contribution in [0.25, 0.3) is 0 Å². The predicted octanol–water partition coefficient (Wildman–Crippen LogP) is 1.39. The molecule has 0 fully saturated rings. The highest BCUT2D eigenvalue weighted by Crippen LogP contribution is 2.40. The van der Waals surface area contributed by atoms with E-state index in [2.05, 4.69) is 0 Å². The van der Waals surface area contributed by atoms with Crippen LogP contribution in [0.5, 0.6) is 5.75 Å². The molecule has 1 unspecified atom stereocenters. The first-order valence-corrected chi connectivity index (χ1v) is 5.17. The Morgan fingerprint density at radius 2 is 2.12 bits per heavy atom. The second-order valence-electron chi connectivity index (χ2n) is 3.95. The maximum absolute atomic E-state index is 11.7. The highest BCUT2D eigenvalue weighted by molar-refractivity contribution is 5.85. The van der Waals surface area contributed by atoms with Crippen LogP contribution in [-0.2, 0) is 21.5 Å². The summed E-state index contributed by atoms with van der Waals surface area (Å²) < 4.78 is 10.0. The van der Waals surface area contributed by atoms with Gasteiger partial charge in [0.15, 0.2) is 0 Å². The van der Waals surface area contributed by atoms with Crippen molar-refractivity contribution < 1.29 is 14.3 Å². The van der Waals surface area contributed by atoms with Gasteiger partial charge >= 0.3 is 5.97 Å². The zero-order valence-electron chi connectivity index (χ0n) is 9.86. The molecule has 0 aromatic heterocycles. The number of nitrogens with two attached hydrogens (primary N) is 1. The molecule has 17 heavy (non-hydrogen) atoms. The van der Waals surface area contributed by atoms with E-state index in [4.69, 9.17) is 15.2 Å². The molecule has 0 aliphatic heterocycles. The second-order valence-corrected chi connectivity index (χ2v) is 3.95. The summed E-state index contributed by atoms with van der Waals surface area (Å²) in [4.78, 5) is 11.7. The number of ether oxygens (including phenoxy) is 2. The first kappa shape index (κ1) is 13.8. The van der Waals surface area contributed by atoms with Gasteiger partial charge in [0.2, 0.25) is 0 Å². The number of carbonyl (C=O) groups excluding carboxylic acids is 1. The molecule has 0 saturated heterocycles. The van der Waals surface area contributed by atoms with Crippen molar-refractivity contribution in [2.75, 3.05) is 14.2 Å². The first-order valence-electron chi connectivity index (χ1n) is 5.17. The van der Waals surface area contributed by atoms with Crippen LogP contribution in [0.4, 0.5) is 0 Å². The summed E-state index contributed by atoms with van der Waals surface area (Å²) in [5.74, 6) is 0.397. The van der Waals surface area contributed by atoms with Crippen LogP contribution < -0.4 is 10.5 Å². The smallest absolute Gasteiger partial charge is 0.330 e. The minimum Gasteiger partial charge on any atom is -0.496 e. The lowest BCUT2D eigenvalue weighted by Gasteiger charge is -2.22. The highest BCUT2D eigenvalue weighted by atomic mass is 35.5. The Balaban J connectivity index is 0.00000144. The third kappa shape index (κ3) is 1.98. The molecule has 4 nitrogen and oxygen atoms in total. The van der Waals surface area contributed by atoms with Crippen molar-refractivity contribution in [1.29, 1.82) is 0 Å². The number of hydrogen-bond donors (Lipinski definition) is 1. The summed E-state index contributed by atoms with van der Waals surface area (Å²) in [6, 6.07) is 5.58. The van der Waals surface area contributed by atoms with Gasteiger partial charge in [-0.3, -0.25) is 0 Å². The van der Waals surface area contributed by atoms with Crippen LogP contribution in [0.1, 0.15) is 17.5 Å². The van der Waals surface area contributed by atoms with E-state index in [0.717, 1.165) is 23.3 Å². The van der Waals surface area contributed by atoms with Crippen LogP contribution >= 0.6 is 12.4 Å². The van der Waals surface area contributed by atoms with Gasteiger partial charge in [0.05, 0.1) is 14.2 Å². The Labute approximate surface area is 106 Å². The van der Waals surface area contributed by atoms with Crippen LogP contribution in [0.15, 0.2) is 18.2 Å². The minimum atomic E-state index is -1.02. The van der Waals surface area contributed by atoms with E-state index in [1.165, 1.54) is 7.11 Å². The van der Waals surface area contributed by atoms with Gasteiger partial charge < -0.3 is 15.2 Å². The molecule has 1 atom stereocenters. The molecule has 1 aliphatic rings. The lowest BCUT2D eigenvalue weighted by atomic mass is 9.93. The fourth-order valence-electron chi connectivity index (χ4n) is 2.28. The van der Waals surface area contributed by atoms with Crippen molar-refractivity contribution in [2.45, 2.75) is 18.4 Å². The van der Waals surface area contributed by atoms with Crippen molar-refractivity contribution in [3.05, 3.63) is 29.3 Å². The molecular formula is C12H16ClNO3. The van der Waals surface area contributed by atoms with Crippen LogP contribution in [0.2, 0.25) is 0 Å². The minimum absolute atomic E-state index is 0. The van der Waals surface area contributed by atoms with E-state index in [1.54, 1.807) is 7.11 Å². The molecule has 1 aromatic carbocycles. The summed E-state index contributed by atoms with van der Waals surface area (Å²) in [6.07, 6.45) is 1.31. The average molecular weight is 258 g/mol. The predicted molar refractivity (Wildman–Crippen MR) is 66.4 cm³/mol. The van der Waals surface area contributed by atoms with Gasteiger partial charge in [0.1, 0.15) is 11.3 Å². The second kappa shape index (κ2) is 4.94. The molecule has 2 N–H and O–H groups in total. The Morgan fingerprint density at radius 1 is 1.41 bits per heavy atom. The normalized spacial score (nSPS) is 21.4. The van der Waals surface area contributed by atoms with E-state index in [9.17, 15) is 4.79 Å². The van der Waals surface area contributed by atoms with E-state index in [1.807, 2.05) is 18.2 Å². The molecule has 94 valence electrons. The Bertz CT molecular complexity index is 436. The molecular weight excluding hydrogens is 242 g/mol. The number of benzene rings is 1. The Morgan fingerprint density at radius 3 is 2.71 bits per heavy atom. The van der Waals surface area contributed by atoms with Crippen molar-refractivity contribution >= 4 is 18.4 Å². The van der Waals surface area contributed by atoms with Gasteiger partial charge in [0.25, 0.3) is 0 Å². The van der Waals surface area contributed by atoms with Gasteiger partial charge in [-0.2, -0.15) is 0 Å². The van der Waals surface area contributed by atoms with Gasteiger partial charge in [0, 0.05) is 0 Å². The summed E-state index contributed by atoms with van der Waals surface area (Å²) in [5.41, 5.74) is 6.93. The number of methoxy groups -OCH3 is 2. The van der Waals surface area contributed by atoms with Crippen LogP contribution in [0, 0.1) is 0 Å². The number of hydrogen-bond acceptors (Lipinski definition) is 4. The molecule has 2 rings (SSSR count). The number of rotatable bonds is 2. The standard InChI is InChI=1S/C12H15NO3.ClH/c1-15-10-5-3-4-9-8(10)6-7-12(9,13)11(14)16-2;/h3-5H,6-7,13H2,1-2H3;1H. The monoisotopic (exact) mass is 257 g/mol. The van der Waals surface area contributed by atoms with Gasteiger partial charge in [-0.15, -0.1) is 12.4 Å². The SMILES string of the molecule is COC(=O)C1(N)CCc2c(OC)cccc21.Cl. The Hall–Kier alpha value is -1.26. The molecule has 5 heteroatoms. The molecule has 0 bridgehead atoms. The summed E-state index contributed by atoms with van der Waals surface area (Å²) in [7, 11) is 2.97.